The smallest absolute Gasteiger partial charge is 0.218 e. The van der Waals surface area contributed by atoms with Gasteiger partial charge in [0, 0.05) is 60.6 Å². The number of imidazole rings is 1. The van der Waals surface area contributed by atoms with Crippen LogP contribution in [-0.2, 0) is 48.1 Å². The first-order valence-corrected chi connectivity index (χ1v) is 26.3. The van der Waals surface area contributed by atoms with E-state index in [1.807, 2.05) is 6.07 Å². The van der Waals surface area contributed by atoms with Gasteiger partial charge in [0.15, 0.2) is 0 Å². The Kier molecular flexibility index (Phi) is 10.8. The number of hydrogen-bond donors (Lipinski definition) is 0. The Morgan fingerprint density at radius 2 is 1.12 bits per heavy atom. The number of ether oxygens (including phenoxy) is 1. The Bertz CT molecular complexity index is 3900. The van der Waals surface area contributed by atoms with Crippen LogP contribution >= 0.6 is 0 Å². The van der Waals surface area contributed by atoms with Gasteiger partial charge in [-0.1, -0.05) is 179 Å². The molecule has 380 valence electrons. The molecule has 0 saturated carbocycles. The zero-order valence-corrected chi connectivity index (χ0v) is 47.7. The largest absolute Gasteiger partial charge is 0.509 e. The molecule has 10 aromatic rings. The number of anilines is 3. The summed E-state index contributed by atoms with van der Waals surface area (Å²) in [6.07, 6.45) is 0. The van der Waals surface area contributed by atoms with Crippen LogP contribution in [0.15, 0.2) is 146 Å². The SMILES string of the molecule is CN1[CH-]N2c3[c-]c(Oc4[c-]c5c(cc4)c4ccccc4n5-c4nc5ccccc5n4-c4ccccc4)ccc3C3(c4cccc1c42)c1c(cc(C(C)(C)C)cc1C(C)(C)C)-c1cc(C(C)(C)C)cc(C(C)(C)C)c13.[Pt]. The van der Waals surface area contributed by atoms with Crippen LogP contribution in [-0.4, -0.2) is 21.2 Å². The minimum absolute atomic E-state index is 0. The molecule has 7 heteroatoms. The van der Waals surface area contributed by atoms with Gasteiger partial charge in [-0.15, -0.1) is 35.2 Å². The van der Waals surface area contributed by atoms with Crippen molar-refractivity contribution >= 4 is 49.9 Å². The van der Waals surface area contributed by atoms with E-state index < -0.39 is 5.41 Å². The molecule has 75 heavy (non-hydrogen) atoms. The molecule has 1 aliphatic carbocycles. The summed E-state index contributed by atoms with van der Waals surface area (Å²) in [5, 5.41) is 2.19. The second-order valence-electron chi connectivity index (χ2n) is 25.1. The minimum Gasteiger partial charge on any atom is -0.509 e. The van der Waals surface area contributed by atoms with Crippen molar-refractivity contribution in [2.45, 2.75) is 110 Å². The molecule has 0 bridgehead atoms. The number of nitrogens with zero attached hydrogens (tertiary/aromatic N) is 5. The van der Waals surface area contributed by atoms with Crippen molar-refractivity contribution in [3.05, 3.63) is 209 Å². The van der Waals surface area contributed by atoms with Gasteiger partial charge in [0.25, 0.3) is 0 Å². The van der Waals surface area contributed by atoms with E-state index >= 15 is 0 Å². The van der Waals surface area contributed by atoms with Crippen molar-refractivity contribution in [3.8, 4) is 34.3 Å². The summed E-state index contributed by atoms with van der Waals surface area (Å²) in [6.45, 7) is 30.8. The number of aromatic nitrogens is 3. The van der Waals surface area contributed by atoms with Gasteiger partial charge in [-0.05, 0) is 121 Å². The zero-order chi connectivity index (χ0) is 51.6. The first kappa shape index (κ1) is 49.0. The molecule has 13 rings (SSSR count). The molecule has 0 fully saturated rings. The van der Waals surface area contributed by atoms with E-state index in [1.54, 1.807) is 0 Å². The normalized spacial score (nSPS) is 14.6. The summed E-state index contributed by atoms with van der Waals surface area (Å²) >= 11 is 0. The van der Waals surface area contributed by atoms with Crippen LogP contribution in [0.3, 0.4) is 0 Å². The summed E-state index contributed by atoms with van der Waals surface area (Å²) in [4.78, 5) is 9.97. The van der Waals surface area contributed by atoms with Crippen molar-refractivity contribution < 1.29 is 25.8 Å². The van der Waals surface area contributed by atoms with E-state index in [0.29, 0.717) is 11.5 Å². The first-order valence-electron chi connectivity index (χ1n) is 26.3. The van der Waals surface area contributed by atoms with Gasteiger partial charge >= 0.3 is 0 Å². The predicted octanol–water partition coefficient (Wildman–Crippen LogP) is 17.1. The van der Waals surface area contributed by atoms with Gasteiger partial charge in [0.05, 0.1) is 11.0 Å². The van der Waals surface area contributed by atoms with Crippen molar-refractivity contribution in [1.82, 2.24) is 14.1 Å². The van der Waals surface area contributed by atoms with Crippen LogP contribution in [0.25, 0.3) is 55.6 Å². The fourth-order valence-corrected chi connectivity index (χ4v) is 12.5. The average molecular weight is 1160 g/mol. The Morgan fingerprint density at radius 3 is 1.76 bits per heavy atom. The van der Waals surface area contributed by atoms with Crippen molar-refractivity contribution in [3.63, 3.8) is 0 Å². The number of para-hydroxylation sites is 5. The van der Waals surface area contributed by atoms with Crippen molar-refractivity contribution in [1.29, 1.82) is 0 Å². The first-order chi connectivity index (χ1) is 35.1. The van der Waals surface area contributed by atoms with E-state index in [9.17, 15) is 0 Å². The van der Waals surface area contributed by atoms with Crippen LogP contribution < -0.4 is 14.5 Å². The molecule has 1 spiro atoms. The molecule has 0 N–H and O–H groups in total. The van der Waals surface area contributed by atoms with E-state index in [4.69, 9.17) is 9.72 Å². The third-order valence-corrected chi connectivity index (χ3v) is 16.1. The Morgan fingerprint density at radius 1 is 0.533 bits per heavy atom. The molecule has 6 nitrogen and oxygen atoms in total. The van der Waals surface area contributed by atoms with Gasteiger partial charge in [-0.3, -0.25) is 4.57 Å². The van der Waals surface area contributed by atoms with Crippen LogP contribution in [0, 0.1) is 18.8 Å². The van der Waals surface area contributed by atoms with Crippen molar-refractivity contribution in [2.75, 3.05) is 16.8 Å². The fraction of sp³-hybridized carbons (Fsp3) is 0.265. The summed E-state index contributed by atoms with van der Waals surface area (Å²) < 4.78 is 11.6. The molecule has 8 aromatic carbocycles. The Balaban J connectivity index is 0.00000569. The molecule has 2 aromatic heterocycles. The van der Waals surface area contributed by atoms with Crippen molar-refractivity contribution in [2.24, 2.45) is 0 Å². The topological polar surface area (TPSA) is 38.5 Å². The van der Waals surface area contributed by atoms with Gasteiger partial charge in [-0.2, -0.15) is 18.8 Å². The van der Waals surface area contributed by atoms with Gasteiger partial charge < -0.3 is 19.1 Å². The molecule has 0 amide bonds. The van der Waals surface area contributed by atoms with Crippen LogP contribution in [0.5, 0.6) is 11.5 Å². The minimum atomic E-state index is -0.690. The summed E-state index contributed by atoms with van der Waals surface area (Å²) in [6, 6.07) is 61.0. The average Bonchev–Trinajstić information content (AvgIpc) is 4.32. The molecular weight excluding hydrogens is 1100 g/mol. The maximum Gasteiger partial charge on any atom is 0.218 e. The second-order valence-corrected chi connectivity index (χ2v) is 25.1. The molecule has 3 aliphatic rings. The standard InChI is InChI=1S/C68H64N5O.Pt/c1-64(2,3)41-34-48-49-35-42(65(4,5)6)37-53(67(10,11)12)61(49)68(60(48)52(36-41)66(7,8)9)50-33-31-45(39-59(50)71-40-70(13)57-29-21-25-51(68)62(57)71)74-44-30-32-47-46-24-17-19-27-55(46)73(58(47)38-44)63-69-54-26-18-20-28-56(54)72(63)43-22-15-14-16-23-43;/h14-37,40H,1-13H3;/q-3;. The van der Waals surface area contributed by atoms with E-state index in [0.717, 1.165) is 50.2 Å². The molecule has 0 atom stereocenters. The van der Waals surface area contributed by atoms with Gasteiger partial charge in [0.2, 0.25) is 5.95 Å². The summed E-state index contributed by atoms with van der Waals surface area (Å²) in [5.74, 6) is 2.01. The molecular formula is C68H64N5OPt-3. The van der Waals surface area contributed by atoms with E-state index in [1.165, 1.54) is 67.0 Å². The zero-order valence-electron chi connectivity index (χ0n) is 45.4. The molecule has 4 heterocycles. The number of rotatable bonds is 4. The molecule has 0 saturated heterocycles. The van der Waals surface area contributed by atoms with Crippen LogP contribution in [0.1, 0.15) is 128 Å². The quantitative estimate of drug-likeness (QED) is 0.165. The maximum atomic E-state index is 7.08. The van der Waals surface area contributed by atoms with Crippen LogP contribution in [0.2, 0.25) is 0 Å². The monoisotopic (exact) mass is 1160 g/mol. The van der Waals surface area contributed by atoms with Crippen LogP contribution in [0.4, 0.5) is 17.1 Å². The summed E-state index contributed by atoms with van der Waals surface area (Å²) in [5.41, 5.74) is 20.4. The molecule has 0 radical (unpaired) electrons. The number of benzene rings is 8. The van der Waals surface area contributed by atoms with Gasteiger partial charge in [-0.25, -0.2) is 4.98 Å². The predicted molar refractivity (Wildman–Crippen MR) is 307 cm³/mol. The van der Waals surface area contributed by atoms with E-state index in [-0.39, 0.29) is 42.7 Å². The number of fused-ring (bicyclic) bond motifs is 13. The fourth-order valence-electron chi connectivity index (χ4n) is 12.5. The number of hydrogen-bond acceptors (Lipinski definition) is 4. The third-order valence-electron chi connectivity index (χ3n) is 16.1. The maximum absolute atomic E-state index is 7.08. The third kappa shape index (κ3) is 7.18. The Hall–Kier alpha value is -6.88. The molecule has 0 unspecified atom stereocenters. The second kappa shape index (κ2) is 16.6. The van der Waals surface area contributed by atoms with Gasteiger partial charge in [0.1, 0.15) is 0 Å². The summed E-state index contributed by atoms with van der Waals surface area (Å²) in [7, 11) is 2.17. The van der Waals surface area contributed by atoms with E-state index in [2.05, 4.69) is 267 Å². The molecule has 2 aliphatic heterocycles. The Labute approximate surface area is 457 Å².